The number of sulfonamides is 1. The summed E-state index contributed by atoms with van der Waals surface area (Å²) in [5.74, 6) is 0.0553. The monoisotopic (exact) mass is 521 g/mol. The van der Waals surface area contributed by atoms with Gasteiger partial charge in [0.15, 0.2) is 0 Å². The van der Waals surface area contributed by atoms with E-state index in [1.165, 1.54) is 18.3 Å². The second kappa shape index (κ2) is 10.7. The number of nitrogens with zero attached hydrogens (tertiary/aromatic N) is 3. The third kappa shape index (κ3) is 6.44. The molecule has 0 saturated carbocycles. The normalized spacial score (nSPS) is 12.1. The van der Waals surface area contributed by atoms with Crippen molar-refractivity contribution in [2.75, 3.05) is 10.0 Å². The summed E-state index contributed by atoms with van der Waals surface area (Å²) in [4.78, 5) is 18.5. The van der Waals surface area contributed by atoms with Crippen LogP contribution in [0.3, 0.4) is 0 Å². The first-order chi connectivity index (χ1) is 17.6. The van der Waals surface area contributed by atoms with E-state index in [2.05, 4.69) is 20.0 Å². The number of non-ortho nitro benzene ring substituents is 1. The van der Waals surface area contributed by atoms with Crippen LogP contribution >= 0.6 is 0 Å². The van der Waals surface area contributed by atoms with Crippen molar-refractivity contribution in [3.8, 4) is 0 Å². The molecule has 0 aliphatic carbocycles. The maximum Gasteiger partial charge on any atom is 0.269 e. The lowest BCUT2D eigenvalue weighted by molar-refractivity contribution is -0.384. The maximum absolute atomic E-state index is 13.5. The third-order valence-corrected chi connectivity index (χ3v) is 7.08. The Hall–Kier alpha value is -4.38. The number of nitrogens with one attached hydrogen (secondary N) is 2. The van der Waals surface area contributed by atoms with Gasteiger partial charge in [-0.1, -0.05) is 36.4 Å². The van der Waals surface area contributed by atoms with E-state index in [9.17, 15) is 22.9 Å². The molecule has 1 atom stereocenters. The van der Waals surface area contributed by atoms with Crippen LogP contribution < -0.4 is 10.0 Å². The van der Waals surface area contributed by atoms with Crippen LogP contribution in [0.15, 0.2) is 83.9 Å². The summed E-state index contributed by atoms with van der Waals surface area (Å²) in [6.45, 7) is 3.67. The fourth-order valence-electron chi connectivity index (χ4n) is 3.68. The molecule has 1 heterocycles. The van der Waals surface area contributed by atoms with Crippen LogP contribution in [0.2, 0.25) is 0 Å². The zero-order valence-corrected chi connectivity index (χ0v) is 20.9. The van der Waals surface area contributed by atoms with Gasteiger partial charge in [-0.05, 0) is 66.8 Å². The Morgan fingerprint density at radius 2 is 1.68 bits per heavy atom. The maximum atomic E-state index is 13.5. The molecule has 0 fully saturated rings. The second-order valence-corrected chi connectivity index (χ2v) is 10.2. The molecule has 37 heavy (non-hydrogen) atoms. The minimum absolute atomic E-state index is 0.0491. The van der Waals surface area contributed by atoms with Crippen LogP contribution in [0, 0.1) is 22.9 Å². The van der Waals surface area contributed by atoms with Crippen LogP contribution in [0.5, 0.6) is 0 Å². The fourth-order valence-corrected chi connectivity index (χ4v) is 4.68. The van der Waals surface area contributed by atoms with Crippen molar-refractivity contribution in [2.24, 2.45) is 0 Å². The number of aryl methyl sites for hydroxylation is 1. The molecule has 4 aromatic rings. The molecule has 0 radical (unpaired) electrons. The highest BCUT2D eigenvalue weighted by atomic mass is 32.2. The molecule has 1 aromatic heterocycles. The number of anilines is 2. The van der Waals surface area contributed by atoms with E-state index in [0.29, 0.717) is 12.0 Å². The lowest BCUT2D eigenvalue weighted by Gasteiger charge is -2.15. The molecule has 0 spiro atoms. The van der Waals surface area contributed by atoms with E-state index >= 15 is 0 Å². The summed E-state index contributed by atoms with van der Waals surface area (Å²) < 4.78 is 41.2. The van der Waals surface area contributed by atoms with Crippen molar-refractivity contribution in [1.82, 2.24) is 9.97 Å². The fraction of sp³-hybridized carbons (Fsp3) is 0.154. The standard InChI is InChI=1S/C26H24FN5O4S/c1-17-15-20(5-12-24(17)27)16-19-3-6-21(7-4-19)18(2)29-26-28-14-13-25(30-26)31-37(35,36)23-10-8-22(9-11-23)32(33)34/h3-15,18H,16H2,1-2H3,(H2,28,29,30,31). The molecule has 2 N–H and O–H groups in total. The van der Waals surface area contributed by atoms with Gasteiger partial charge in [0.2, 0.25) is 5.95 Å². The van der Waals surface area contributed by atoms with Crippen LogP contribution in [0.1, 0.15) is 35.2 Å². The van der Waals surface area contributed by atoms with Crippen molar-refractivity contribution in [1.29, 1.82) is 0 Å². The summed E-state index contributed by atoms with van der Waals surface area (Å²) in [5.41, 5.74) is 3.49. The van der Waals surface area contributed by atoms with Gasteiger partial charge in [-0.2, -0.15) is 4.98 Å². The average molecular weight is 522 g/mol. The van der Waals surface area contributed by atoms with Crippen molar-refractivity contribution in [2.45, 2.75) is 31.2 Å². The Labute approximate surface area is 213 Å². The first kappa shape index (κ1) is 25.7. The van der Waals surface area contributed by atoms with Crippen LogP contribution in [0.4, 0.5) is 21.8 Å². The van der Waals surface area contributed by atoms with Gasteiger partial charge >= 0.3 is 0 Å². The molecule has 0 bridgehead atoms. The minimum Gasteiger partial charge on any atom is -0.348 e. The Kier molecular flexibility index (Phi) is 7.44. The lowest BCUT2D eigenvalue weighted by Crippen LogP contribution is -2.15. The molecule has 0 amide bonds. The first-order valence-electron chi connectivity index (χ1n) is 11.3. The summed E-state index contributed by atoms with van der Waals surface area (Å²) in [5, 5.41) is 14.0. The molecular formula is C26H24FN5O4S. The van der Waals surface area contributed by atoms with Gasteiger partial charge in [-0.3, -0.25) is 14.8 Å². The predicted octanol–water partition coefficient (Wildman–Crippen LogP) is 5.40. The van der Waals surface area contributed by atoms with Gasteiger partial charge in [-0.15, -0.1) is 0 Å². The van der Waals surface area contributed by atoms with E-state index in [-0.39, 0.29) is 34.2 Å². The number of halogens is 1. The Morgan fingerprint density at radius 1 is 1.00 bits per heavy atom. The number of aromatic nitrogens is 2. The smallest absolute Gasteiger partial charge is 0.269 e. The zero-order chi connectivity index (χ0) is 26.6. The highest BCUT2D eigenvalue weighted by Crippen LogP contribution is 2.22. The first-order valence-corrected chi connectivity index (χ1v) is 12.8. The Balaban J connectivity index is 1.41. The quantitative estimate of drug-likeness (QED) is 0.223. The second-order valence-electron chi connectivity index (χ2n) is 8.49. The molecule has 0 aliphatic rings. The van der Waals surface area contributed by atoms with E-state index in [1.807, 2.05) is 37.3 Å². The molecule has 3 aromatic carbocycles. The molecular weight excluding hydrogens is 497 g/mol. The average Bonchev–Trinajstić information content (AvgIpc) is 2.86. The van der Waals surface area contributed by atoms with Crippen molar-refractivity contribution >= 4 is 27.5 Å². The molecule has 0 saturated heterocycles. The van der Waals surface area contributed by atoms with Gasteiger partial charge in [-0.25, -0.2) is 17.8 Å². The predicted molar refractivity (Wildman–Crippen MR) is 138 cm³/mol. The topological polar surface area (TPSA) is 127 Å². The highest BCUT2D eigenvalue weighted by molar-refractivity contribution is 7.92. The minimum atomic E-state index is -4.00. The van der Waals surface area contributed by atoms with E-state index in [1.54, 1.807) is 13.0 Å². The third-order valence-electron chi connectivity index (χ3n) is 5.71. The van der Waals surface area contributed by atoms with Gasteiger partial charge in [0.25, 0.3) is 15.7 Å². The number of hydrogen-bond acceptors (Lipinski definition) is 7. The highest BCUT2D eigenvalue weighted by Gasteiger charge is 2.17. The SMILES string of the molecule is Cc1cc(Cc2ccc(C(C)Nc3nccc(NS(=O)(=O)c4ccc([N+](=O)[O-])cc4)n3)cc2)ccc1F. The van der Waals surface area contributed by atoms with E-state index in [4.69, 9.17) is 0 Å². The van der Waals surface area contributed by atoms with Crippen LogP contribution in [0.25, 0.3) is 0 Å². The van der Waals surface area contributed by atoms with Gasteiger partial charge in [0.1, 0.15) is 11.6 Å². The number of hydrogen-bond donors (Lipinski definition) is 2. The summed E-state index contributed by atoms with van der Waals surface area (Å²) in [7, 11) is -4.00. The van der Waals surface area contributed by atoms with E-state index in [0.717, 1.165) is 41.0 Å². The summed E-state index contributed by atoms with van der Waals surface area (Å²) in [6.07, 6.45) is 2.10. The van der Waals surface area contributed by atoms with Gasteiger partial charge in [0.05, 0.1) is 15.9 Å². The van der Waals surface area contributed by atoms with Gasteiger partial charge in [0, 0.05) is 18.3 Å². The Bertz CT molecular complexity index is 1530. The zero-order valence-electron chi connectivity index (χ0n) is 20.1. The summed E-state index contributed by atoms with van der Waals surface area (Å²) in [6, 6.07) is 18.8. The number of nitro groups is 1. The number of nitro benzene ring substituents is 1. The number of benzene rings is 3. The molecule has 0 aliphatic heterocycles. The van der Waals surface area contributed by atoms with Gasteiger partial charge < -0.3 is 5.32 Å². The van der Waals surface area contributed by atoms with Crippen LogP contribution in [-0.4, -0.2) is 23.3 Å². The molecule has 190 valence electrons. The van der Waals surface area contributed by atoms with Crippen molar-refractivity contribution < 1.29 is 17.7 Å². The van der Waals surface area contributed by atoms with Crippen molar-refractivity contribution in [3.63, 3.8) is 0 Å². The molecule has 9 nitrogen and oxygen atoms in total. The molecule has 1 unspecified atom stereocenters. The summed E-state index contributed by atoms with van der Waals surface area (Å²) >= 11 is 0. The van der Waals surface area contributed by atoms with Crippen molar-refractivity contribution in [3.05, 3.63) is 117 Å². The largest absolute Gasteiger partial charge is 0.348 e. The molecule has 4 rings (SSSR count). The van der Waals surface area contributed by atoms with Crippen LogP contribution in [-0.2, 0) is 16.4 Å². The van der Waals surface area contributed by atoms with E-state index < -0.39 is 14.9 Å². The molecule has 11 heteroatoms. The lowest BCUT2D eigenvalue weighted by atomic mass is 10.0. The Morgan fingerprint density at radius 3 is 2.32 bits per heavy atom. The number of rotatable bonds is 9.